The lowest BCUT2D eigenvalue weighted by Crippen LogP contribution is -2.31. The molecule has 5 heteroatoms. The molecule has 0 aliphatic heterocycles. The normalized spacial score (nSPS) is 12.6. The number of rotatable bonds is 7. The quantitative estimate of drug-likeness (QED) is 0.853. The third-order valence-corrected chi connectivity index (χ3v) is 4.38. The van der Waals surface area contributed by atoms with E-state index in [2.05, 4.69) is 65.5 Å². The lowest BCUT2D eigenvalue weighted by Gasteiger charge is -2.25. The molecule has 0 saturated carbocycles. The molecule has 0 spiro atoms. The van der Waals surface area contributed by atoms with E-state index in [1.165, 1.54) is 4.88 Å². The van der Waals surface area contributed by atoms with Gasteiger partial charge in [0.1, 0.15) is 5.82 Å². The molecule has 0 amide bonds. The Balaban J connectivity index is 1.94. The average Bonchev–Trinajstić information content (AvgIpc) is 2.97. The molecule has 0 aromatic carbocycles. The van der Waals surface area contributed by atoms with Gasteiger partial charge in [0, 0.05) is 37.0 Å². The van der Waals surface area contributed by atoms with Crippen molar-refractivity contribution < 1.29 is 0 Å². The van der Waals surface area contributed by atoms with Crippen LogP contribution in [0.5, 0.6) is 0 Å². The van der Waals surface area contributed by atoms with E-state index in [1.807, 2.05) is 12.4 Å². The first-order chi connectivity index (χ1) is 10.1. The Morgan fingerprint density at radius 3 is 2.62 bits per heavy atom. The van der Waals surface area contributed by atoms with Crippen molar-refractivity contribution in [3.05, 3.63) is 40.5 Å². The fraction of sp³-hybridized carbons (Fsp3) is 0.500. The first-order valence-corrected chi connectivity index (χ1v) is 8.23. The summed E-state index contributed by atoms with van der Waals surface area (Å²) in [6, 6.07) is 5.14. The summed E-state index contributed by atoms with van der Waals surface area (Å²) in [6.07, 6.45) is 4.76. The second kappa shape index (κ2) is 7.52. The molecule has 0 aliphatic rings. The van der Waals surface area contributed by atoms with E-state index in [4.69, 9.17) is 0 Å². The van der Waals surface area contributed by atoms with Gasteiger partial charge in [-0.05, 0) is 18.4 Å². The van der Waals surface area contributed by atoms with Crippen LogP contribution in [0.2, 0.25) is 0 Å². The Morgan fingerprint density at radius 1 is 1.24 bits per heavy atom. The molecule has 1 unspecified atom stereocenters. The van der Waals surface area contributed by atoms with Crippen LogP contribution >= 0.6 is 11.3 Å². The van der Waals surface area contributed by atoms with Gasteiger partial charge < -0.3 is 10.2 Å². The van der Waals surface area contributed by atoms with Crippen molar-refractivity contribution >= 4 is 17.2 Å². The minimum Gasteiger partial charge on any atom is -0.355 e. The van der Waals surface area contributed by atoms with E-state index in [0.29, 0.717) is 12.1 Å². The third-order valence-electron chi connectivity index (χ3n) is 3.48. The molecular formula is C16H24N4S. The van der Waals surface area contributed by atoms with Crippen molar-refractivity contribution in [1.82, 2.24) is 15.3 Å². The highest BCUT2D eigenvalue weighted by atomic mass is 32.1. The van der Waals surface area contributed by atoms with Crippen molar-refractivity contribution in [3.63, 3.8) is 0 Å². The van der Waals surface area contributed by atoms with Crippen LogP contribution in [-0.2, 0) is 13.0 Å². The first-order valence-electron chi connectivity index (χ1n) is 7.35. The predicted molar refractivity (Wildman–Crippen MR) is 89.9 cm³/mol. The summed E-state index contributed by atoms with van der Waals surface area (Å²) in [5.41, 5.74) is 0.978. The smallest absolute Gasteiger partial charge is 0.147 e. The lowest BCUT2D eigenvalue weighted by molar-refractivity contribution is 0.579. The number of nitrogens with zero attached hydrogens (tertiary/aromatic N) is 3. The van der Waals surface area contributed by atoms with E-state index in [9.17, 15) is 0 Å². The fourth-order valence-electron chi connectivity index (χ4n) is 2.01. The molecule has 0 saturated heterocycles. The maximum absolute atomic E-state index is 4.53. The van der Waals surface area contributed by atoms with Crippen LogP contribution in [0.3, 0.4) is 0 Å². The van der Waals surface area contributed by atoms with Gasteiger partial charge in [-0.15, -0.1) is 11.3 Å². The predicted octanol–water partition coefficient (Wildman–Crippen LogP) is 3.10. The van der Waals surface area contributed by atoms with E-state index in [1.54, 1.807) is 11.3 Å². The Kier molecular flexibility index (Phi) is 5.70. The Morgan fingerprint density at radius 2 is 2.05 bits per heavy atom. The molecule has 4 nitrogen and oxygen atoms in total. The molecule has 114 valence electrons. The van der Waals surface area contributed by atoms with Crippen LogP contribution in [0.4, 0.5) is 5.82 Å². The summed E-state index contributed by atoms with van der Waals surface area (Å²) >= 11 is 1.80. The zero-order valence-corrected chi connectivity index (χ0v) is 14.0. The van der Waals surface area contributed by atoms with Crippen molar-refractivity contribution in [3.8, 4) is 0 Å². The number of likely N-dealkylation sites (N-methyl/N-ethyl adjacent to an activating group) is 1. The molecule has 0 bridgehead atoms. The topological polar surface area (TPSA) is 41.1 Å². The zero-order chi connectivity index (χ0) is 15.2. The average molecular weight is 304 g/mol. The number of nitrogens with one attached hydrogen (secondary N) is 1. The van der Waals surface area contributed by atoms with Gasteiger partial charge >= 0.3 is 0 Å². The Hall–Kier alpha value is -1.46. The number of thiophene rings is 1. The molecule has 1 N–H and O–H groups in total. The van der Waals surface area contributed by atoms with Crippen molar-refractivity contribution in [1.29, 1.82) is 0 Å². The van der Waals surface area contributed by atoms with E-state index in [0.717, 1.165) is 24.5 Å². The number of hydrogen-bond acceptors (Lipinski definition) is 5. The molecule has 0 aliphatic carbocycles. The summed E-state index contributed by atoms with van der Waals surface area (Å²) < 4.78 is 0. The van der Waals surface area contributed by atoms with Crippen LogP contribution in [0.1, 0.15) is 31.3 Å². The molecular weight excluding hydrogens is 280 g/mol. The molecule has 0 radical (unpaired) electrons. The number of hydrogen-bond donors (Lipinski definition) is 1. The second-order valence-electron chi connectivity index (χ2n) is 5.64. The van der Waals surface area contributed by atoms with Crippen molar-refractivity contribution in [2.24, 2.45) is 0 Å². The van der Waals surface area contributed by atoms with Gasteiger partial charge in [-0.1, -0.05) is 19.9 Å². The van der Waals surface area contributed by atoms with Crippen LogP contribution in [0.15, 0.2) is 29.9 Å². The summed E-state index contributed by atoms with van der Waals surface area (Å²) in [7, 11) is 2.08. The summed E-state index contributed by atoms with van der Waals surface area (Å²) in [6.45, 7) is 7.23. The molecule has 2 rings (SSSR count). The minimum atomic E-state index is 0.401. The van der Waals surface area contributed by atoms with Gasteiger partial charge in [-0.3, -0.25) is 4.98 Å². The SMILES string of the molecule is CC(C)NCc1cnc(N(C)C(C)Cc2cccs2)cn1. The van der Waals surface area contributed by atoms with Crippen LogP contribution in [-0.4, -0.2) is 29.1 Å². The molecule has 2 aromatic heterocycles. The molecule has 1 atom stereocenters. The maximum Gasteiger partial charge on any atom is 0.147 e. The van der Waals surface area contributed by atoms with Gasteiger partial charge in [0.25, 0.3) is 0 Å². The van der Waals surface area contributed by atoms with Crippen molar-refractivity contribution in [2.75, 3.05) is 11.9 Å². The summed E-state index contributed by atoms with van der Waals surface area (Å²) in [4.78, 5) is 12.6. The number of anilines is 1. The van der Waals surface area contributed by atoms with E-state index >= 15 is 0 Å². The minimum absolute atomic E-state index is 0.401. The molecule has 21 heavy (non-hydrogen) atoms. The number of aromatic nitrogens is 2. The van der Waals surface area contributed by atoms with Gasteiger partial charge in [0.15, 0.2) is 0 Å². The largest absolute Gasteiger partial charge is 0.355 e. The van der Waals surface area contributed by atoms with Gasteiger partial charge in [0.2, 0.25) is 0 Å². The molecule has 2 heterocycles. The van der Waals surface area contributed by atoms with Crippen molar-refractivity contribution in [2.45, 2.75) is 45.8 Å². The van der Waals surface area contributed by atoms with Crippen LogP contribution < -0.4 is 10.2 Å². The summed E-state index contributed by atoms with van der Waals surface area (Å²) in [5.74, 6) is 0.923. The Bertz CT molecular complexity index is 522. The second-order valence-corrected chi connectivity index (χ2v) is 6.68. The van der Waals surface area contributed by atoms with Gasteiger partial charge in [-0.2, -0.15) is 0 Å². The van der Waals surface area contributed by atoms with E-state index in [-0.39, 0.29) is 0 Å². The Labute approximate surface area is 131 Å². The summed E-state index contributed by atoms with van der Waals surface area (Å²) in [5, 5.41) is 5.47. The van der Waals surface area contributed by atoms with Crippen LogP contribution in [0, 0.1) is 0 Å². The molecule has 2 aromatic rings. The highest BCUT2D eigenvalue weighted by Gasteiger charge is 2.13. The fourth-order valence-corrected chi connectivity index (χ4v) is 2.84. The highest BCUT2D eigenvalue weighted by Crippen LogP contribution is 2.17. The first kappa shape index (κ1) is 15.9. The zero-order valence-electron chi connectivity index (χ0n) is 13.2. The highest BCUT2D eigenvalue weighted by molar-refractivity contribution is 7.09. The monoisotopic (exact) mass is 304 g/mol. The van der Waals surface area contributed by atoms with E-state index < -0.39 is 0 Å². The third kappa shape index (κ3) is 4.79. The molecule has 0 fully saturated rings. The maximum atomic E-state index is 4.53. The van der Waals surface area contributed by atoms with Crippen LogP contribution in [0.25, 0.3) is 0 Å². The standard InChI is InChI=1S/C16H24N4S/c1-12(2)17-9-14-10-19-16(11-18-14)20(4)13(3)8-15-6-5-7-21-15/h5-7,10-13,17H,8-9H2,1-4H3. The lowest BCUT2D eigenvalue weighted by atomic mass is 10.2. The van der Waals surface area contributed by atoms with Gasteiger partial charge in [-0.25, -0.2) is 4.98 Å². The van der Waals surface area contributed by atoms with Gasteiger partial charge in [0.05, 0.1) is 18.1 Å².